The number of amides is 1. The molecule has 118 valence electrons. The van der Waals surface area contributed by atoms with Crippen molar-refractivity contribution in [1.29, 1.82) is 0 Å². The van der Waals surface area contributed by atoms with E-state index in [0.29, 0.717) is 11.3 Å². The van der Waals surface area contributed by atoms with Crippen LogP contribution in [0.1, 0.15) is 11.1 Å². The third-order valence-electron chi connectivity index (χ3n) is 3.01. The van der Waals surface area contributed by atoms with Crippen LogP contribution in [0.3, 0.4) is 0 Å². The highest BCUT2D eigenvalue weighted by Gasteiger charge is 2.07. The first-order valence-corrected chi connectivity index (χ1v) is 7.00. The van der Waals surface area contributed by atoms with E-state index in [1.807, 2.05) is 30.3 Å². The summed E-state index contributed by atoms with van der Waals surface area (Å²) in [5, 5.41) is 2.46. The van der Waals surface area contributed by atoms with Crippen LogP contribution in [-0.2, 0) is 14.3 Å². The van der Waals surface area contributed by atoms with Gasteiger partial charge in [-0.15, -0.1) is 0 Å². The zero-order valence-corrected chi connectivity index (χ0v) is 12.6. The fourth-order valence-corrected chi connectivity index (χ4v) is 1.78. The van der Waals surface area contributed by atoms with E-state index in [1.54, 1.807) is 25.1 Å². The van der Waals surface area contributed by atoms with Gasteiger partial charge < -0.3 is 10.1 Å². The third-order valence-corrected chi connectivity index (χ3v) is 3.01. The molecule has 0 heterocycles. The SMILES string of the molecule is Cc1ccc(NC(=O)COC(=O)C=Cc2ccccc2)cc1F. The van der Waals surface area contributed by atoms with E-state index in [4.69, 9.17) is 4.74 Å². The second kappa shape index (κ2) is 7.89. The molecule has 23 heavy (non-hydrogen) atoms. The van der Waals surface area contributed by atoms with Gasteiger partial charge in [-0.2, -0.15) is 0 Å². The minimum absolute atomic E-state index is 0.314. The van der Waals surface area contributed by atoms with E-state index in [2.05, 4.69) is 5.32 Å². The monoisotopic (exact) mass is 313 g/mol. The van der Waals surface area contributed by atoms with Crippen LogP contribution in [0, 0.1) is 12.7 Å². The molecule has 2 rings (SSSR count). The number of esters is 1. The van der Waals surface area contributed by atoms with Gasteiger partial charge in [0.1, 0.15) is 5.82 Å². The van der Waals surface area contributed by atoms with Gasteiger partial charge in [0.25, 0.3) is 5.91 Å². The van der Waals surface area contributed by atoms with Gasteiger partial charge in [0.15, 0.2) is 6.61 Å². The Kier molecular flexibility index (Phi) is 5.63. The van der Waals surface area contributed by atoms with E-state index < -0.39 is 24.3 Å². The lowest BCUT2D eigenvalue weighted by molar-refractivity contribution is -0.142. The van der Waals surface area contributed by atoms with E-state index >= 15 is 0 Å². The summed E-state index contributed by atoms with van der Waals surface area (Å²) in [6.07, 6.45) is 2.84. The highest BCUT2D eigenvalue weighted by Crippen LogP contribution is 2.13. The van der Waals surface area contributed by atoms with Crippen LogP contribution >= 0.6 is 0 Å². The number of aryl methyl sites for hydroxylation is 1. The van der Waals surface area contributed by atoms with E-state index in [9.17, 15) is 14.0 Å². The molecule has 0 bridgehead atoms. The van der Waals surface area contributed by atoms with Crippen LogP contribution in [0.4, 0.5) is 10.1 Å². The maximum atomic E-state index is 13.4. The van der Waals surface area contributed by atoms with Crippen molar-refractivity contribution < 1.29 is 18.7 Å². The summed E-state index contributed by atoms with van der Waals surface area (Å²) in [5.41, 5.74) is 1.65. The summed E-state index contributed by atoms with van der Waals surface area (Å²) >= 11 is 0. The topological polar surface area (TPSA) is 55.4 Å². The zero-order chi connectivity index (χ0) is 16.7. The van der Waals surface area contributed by atoms with Crippen molar-refractivity contribution in [3.05, 3.63) is 71.6 Å². The minimum atomic E-state index is -0.626. The third kappa shape index (κ3) is 5.39. The molecule has 4 nitrogen and oxygen atoms in total. The van der Waals surface area contributed by atoms with Gasteiger partial charge >= 0.3 is 5.97 Å². The van der Waals surface area contributed by atoms with Crippen LogP contribution in [-0.4, -0.2) is 18.5 Å². The van der Waals surface area contributed by atoms with Crippen molar-refractivity contribution in [1.82, 2.24) is 0 Å². The lowest BCUT2D eigenvalue weighted by Gasteiger charge is -2.06. The molecule has 2 aromatic carbocycles. The molecule has 5 heteroatoms. The molecule has 0 radical (unpaired) electrons. The van der Waals surface area contributed by atoms with Crippen LogP contribution in [0.15, 0.2) is 54.6 Å². The summed E-state index contributed by atoms with van der Waals surface area (Å²) in [6.45, 7) is 1.19. The molecule has 1 N–H and O–H groups in total. The number of carbonyl (C=O) groups excluding carboxylic acids is 2. The van der Waals surface area contributed by atoms with Gasteiger partial charge in [-0.3, -0.25) is 4.79 Å². The van der Waals surface area contributed by atoms with Crippen molar-refractivity contribution in [2.45, 2.75) is 6.92 Å². The first-order chi connectivity index (χ1) is 11.0. The predicted octanol–water partition coefficient (Wildman–Crippen LogP) is 3.33. The molecular formula is C18H16FNO3. The van der Waals surface area contributed by atoms with Gasteiger partial charge in [-0.05, 0) is 36.3 Å². The molecule has 0 saturated carbocycles. The Labute approximate surface area is 133 Å². The number of carbonyl (C=O) groups is 2. The van der Waals surface area contributed by atoms with Crippen molar-refractivity contribution >= 4 is 23.6 Å². The van der Waals surface area contributed by atoms with Crippen LogP contribution in [0.25, 0.3) is 6.08 Å². The number of ether oxygens (including phenoxy) is 1. The molecular weight excluding hydrogens is 297 g/mol. The minimum Gasteiger partial charge on any atom is -0.452 e. The Hall–Kier alpha value is -2.95. The lowest BCUT2D eigenvalue weighted by Crippen LogP contribution is -2.20. The number of benzene rings is 2. The molecule has 0 aromatic heterocycles. The normalized spacial score (nSPS) is 10.5. The average molecular weight is 313 g/mol. The molecule has 0 aliphatic carbocycles. The van der Waals surface area contributed by atoms with Gasteiger partial charge in [-0.25, -0.2) is 9.18 Å². The Bertz CT molecular complexity index is 726. The Balaban J connectivity index is 1.80. The first-order valence-electron chi connectivity index (χ1n) is 7.00. The maximum absolute atomic E-state index is 13.4. The zero-order valence-electron chi connectivity index (χ0n) is 12.6. The second-order valence-corrected chi connectivity index (χ2v) is 4.86. The van der Waals surface area contributed by atoms with Crippen molar-refractivity contribution in [2.24, 2.45) is 0 Å². The lowest BCUT2D eigenvalue weighted by atomic mass is 10.2. The molecule has 1 amide bonds. The molecule has 0 atom stereocenters. The summed E-state index contributed by atoms with van der Waals surface area (Å²) in [7, 11) is 0. The Morgan fingerprint density at radius 2 is 1.91 bits per heavy atom. The number of hydrogen-bond donors (Lipinski definition) is 1. The predicted molar refractivity (Wildman–Crippen MR) is 86.2 cm³/mol. The first kappa shape index (κ1) is 16.4. The van der Waals surface area contributed by atoms with Gasteiger partial charge in [-0.1, -0.05) is 36.4 Å². The fraction of sp³-hybridized carbons (Fsp3) is 0.111. The number of anilines is 1. The molecule has 0 saturated heterocycles. The second-order valence-electron chi connectivity index (χ2n) is 4.86. The van der Waals surface area contributed by atoms with Crippen LogP contribution < -0.4 is 5.32 Å². The Morgan fingerprint density at radius 1 is 1.17 bits per heavy atom. The average Bonchev–Trinajstić information content (AvgIpc) is 2.55. The summed E-state index contributed by atoms with van der Waals surface area (Å²) in [4.78, 5) is 23.2. The smallest absolute Gasteiger partial charge is 0.331 e. The molecule has 0 unspecified atom stereocenters. The molecule has 0 aliphatic rings. The number of rotatable bonds is 5. The van der Waals surface area contributed by atoms with Gasteiger partial charge in [0.2, 0.25) is 0 Å². The standard InChI is InChI=1S/C18H16FNO3/c1-13-7-9-15(11-16(13)19)20-17(21)12-23-18(22)10-8-14-5-3-2-4-6-14/h2-11H,12H2,1H3,(H,20,21). The van der Waals surface area contributed by atoms with E-state index in [-0.39, 0.29) is 0 Å². The Morgan fingerprint density at radius 3 is 2.61 bits per heavy atom. The van der Waals surface area contributed by atoms with Crippen LogP contribution in [0.5, 0.6) is 0 Å². The highest BCUT2D eigenvalue weighted by atomic mass is 19.1. The van der Waals surface area contributed by atoms with Crippen molar-refractivity contribution in [3.8, 4) is 0 Å². The fourth-order valence-electron chi connectivity index (χ4n) is 1.78. The van der Waals surface area contributed by atoms with E-state index in [1.165, 1.54) is 12.1 Å². The molecule has 0 aliphatic heterocycles. The summed E-state index contributed by atoms with van der Waals surface area (Å²) < 4.78 is 18.2. The largest absolute Gasteiger partial charge is 0.452 e. The number of nitrogens with one attached hydrogen (secondary N) is 1. The summed E-state index contributed by atoms with van der Waals surface area (Å²) in [6, 6.07) is 13.6. The number of halogens is 1. The van der Waals surface area contributed by atoms with Crippen LogP contribution in [0.2, 0.25) is 0 Å². The van der Waals surface area contributed by atoms with Crippen molar-refractivity contribution in [3.63, 3.8) is 0 Å². The maximum Gasteiger partial charge on any atom is 0.331 e. The van der Waals surface area contributed by atoms with E-state index in [0.717, 1.165) is 5.56 Å². The number of hydrogen-bond acceptors (Lipinski definition) is 3. The highest BCUT2D eigenvalue weighted by molar-refractivity contribution is 5.94. The quantitative estimate of drug-likeness (QED) is 0.680. The van der Waals surface area contributed by atoms with Gasteiger partial charge in [0.05, 0.1) is 0 Å². The summed E-state index contributed by atoms with van der Waals surface area (Å²) in [5.74, 6) is -1.57. The molecule has 0 fully saturated rings. The van der Waals surface area contributed by atoms with Crippen molar-refractivity contribution in [2.75, 3.05) is 11.9 Å². The van der Waals surface area contributed by atoms with Gasteiger partial charge in [0, 0.05) is 11.8 Å². The molecule has 2 aromatic rings. The molecule has 0 spiro atoms.